The van der Waals surface area contributed by atoms with Crippen molar-refractivity contribution in [2.75, 3.05) is 38.1 Å². The number of rotatable bonds is 18. The van der Waals surface area contributed by atoms with Gasteiger partial charge in [0.25, 0.3) is 0 Å². The first-order valence-electron chi connectivity index (χ1n) is 16.6. The van der Waals surface area contributed by atoms with Crippen molar-refractivity contribution < 1.29 is 47.3 Å². The zero-order valence-corrected chi connectivity index (χ0v) is 31.4. The van der Waals surface area contributed by atoms with Crippen LogP contribution in [0.3, 0.4) is 0 Å². The molecule has 1 aliphatic heterocycles. The quantitative estimate of drug-likeness (QED) is 0.0958. The molecule has 0 aliphatic carbocycles. The van der Waals surface area contributed by atoms with E-state index in [0.717, 1.165) is 0 Å². The number of nitrogens with one attached hydrogen (secondary N) is 1. The second-order valence-electron chi connectivity index (χ2n) is 13.4. The highest BCUT2D eigenvalue weighted by atomic mass is 35.5. The monoisotopic (exact) mass is 756 g/mol. The van der Waals surface area contributed by atoms with Crippen molar-refractivity contribution in [1.29, 1.82) is 0 Å². The highest BCUT2D eigenvalue weighted by molar-refractivity contribution is 7.52. The van der Waals surface area contributed by atoms with E-state index in [2.05, 4.69) is 20.0 Å². The number of aliphatic hydroxyl groups is 2. The van der Waals surface area contributed by atoms with Gasteiger partial charge in [-0.1, -0.05) is 32.0 Å². The largest absolute Gasteiger partial charge is 0.462 e. The summed E-state index contributed by atoms with van der Waals surface area (Å²) in [6, 6.07) is 5.28. The summed E-state index contributed by atoms with van der Waals surface area (Å²) < 4.78 is 55.7. The number of anilines is 1. The summed E-state index contributed by atoms with van der Waals surface area (Å²) >= 11 is 6.38. The molecule has 0 amide bonds. The van der Waals surface area contributed by atoms with E-state index in [0.29, 0.717) is 22.7 Å². The molecule has 0 saturated carbocycles. The number of imidazole rings is 1. The molecule has 1 fully saturated rings. The number of aromatic nitrogens is 4. The molecule has 4 rings (SSSR count). The maximum Gasteiger partial charge on any atom is 0.459 e. The zero-order valence-electron chi connectivity index (χ0n) is 29.8. The third-order valence-corrected chi connectivity index (χ3v) is 10.1. The normalized spacial score (nSPS) is 22.3. The summed E-state index contributed by atoms with van der Waals surface area (Å²) in [6.45, 7) is 7.35. The van der Waals surface area contributed by atoms with E-state index >= 15 is 4.39 Å². The van der Waals surface area contributed by atoms with Crippen LogP contribution in [0, 0.1) is 12.8 Å². The van der Waals surface area contributed by atoms with Gasteiger partial charge in [-0.3, -0.25) is 18.7 Å². The number of nitrogens with zero attached hydrogens (tertiary/aromatic N) is 5. The van der Waals surface area contributed by atoms with Crippen LogP contribution in [-0.2, 0) is 34.6 Å². The number of ether oxygens (including phenoxy) is 2. The Hall–Kier alpha value is -3.24. The fraction of sp³-hybridized carbons (Fsp3) is 0.606. The van der Waals surface area contributed by atoms with Crippen molar-refractivity contribution in [1.82, 2.24) is 24.6 Å². The van der Waals surface area contributed by atoms with Gasteiger partial charge in [0.2, 0.25) is 0 Å². The Bertz CT molecular complexity index is 1730. The van der Waals surface area contributed by atoms with Gasteiger partial charge >= 0.3 is 13.7 Å². The molecule has 15 nitrogen and oxygen atoms in total. The predicted octanol–water partition coefficient (Wildman–Crippen LogP) is 4.06. The van der Waals surface area contributed by atoms with E-state index in [4.69, 9.17) is 30.1 Å². The number of para-hydroxylation sites is 1. The number of Topliss-reactive ketones (excluding diaryl/α,β-unsaturated/α-hetero) is 1. The molecule has 3 aromatic rings. The Morgan fingerprint density at radius 3 is 2.55 bits per heavy atom. The Kier molecular flexibility index (Phi) is 13.6. The van der Waals surface area contributed by atoms with Gasteiger partial charge in [-0.05, 0) is 51.2 Å². The van der Waals surface area contributed by atoms with Crippen LogP contribution in [0.1, 0.15) is 58.2 Å². The first-order chi connectivity index (χ1) is 24.0. The minimum atomic E-state index is -4.63. The van der Waals surface area contributed by atoms with E-state index < -0.39 is 74.8 Å². The maximum absolute atomic E-state index is 16.1. The van der Waals surface area contributed by atoms with Gasteiger partial charge in [-0.25, -0.2) is 23.9 Å². The van der Waals surface area contributed by atoms with Gasteiger partial charge in [-0.15, -0.1) is 11.6 Å². The molecule has 1 unspecified atom stereocenters. The van der Waals surface area contributed by atoms with Crippen LogP contribution < -0.4 is 14.5 Å². The van der Waals surface area contributed by atoms with E-state index in [1.165, 1.54) is 17.0 Å². The second-order valence-corrected chi connectivity index (χ2v) is 15.3. The van der Waals surface area contributed by atoms with Crippen molar-refractivity contribution in [3.63, 3.8) is 0 Å². The summed E-state index contributed by atoms with van der Waals surface area (Å²) in [5, 5.41) is 23.2. The summed E-state index contributed by atoms with van der Waals surface area (Å²) in [5.41, 5.74) is -0.871. The van der Waals surface area contributed by atoms with Crippen LogP contribution >= 0.6 is 19.3 Å². The molecule has 3 N–H and O–H groups in total. The average molecular weight is 757 g/mol. The summed E-state index contributed by atoms with van der Waals surface area (Å²) in [7, 11) is -1.08. The Morgan fingerprint density at radius 1 is 1.22 bits per heavy atom. The van der Waals surface area contributed by atoms with Gasteiger partial charge in [0.1, 0.15) is 35.9 Å². The fourth-order valence-electron chi connectivity index (χ4n) is 5.55. The highest BCUT2D eigenvalue weighted by Gasteiger charge is 2.57. The Morgan fingerprint density at radius 2 is 1.92 bits per heavy atom. The summed E-state index contributed by atoms with van der Waals surface area (Å²) in [4.78, 5) is 40.1. The third kappa shape index (κ3) is 9.60. The molecule has 1 aromatic carbocycles. The lowest BCUT2D eigenvalue weighted by atomic mass is 9.99. The van der Waals surface area contributed by atoms with Gasteiger partial charge in [-0.2, -0.15) is 5.09 Å². The molecule has 1 aliphatic rings. The van der Waals surface area contributed by atoms with E-state index in [9.17, 15) is 24.4 Å². The first kappa shape index (κ1) is 40.5. The third-order valence-electron chi connectivity index (χ3n) is 8.08. The van der Waals surface area contributed by atoms with Crippen LogP contribution in [0.2, 0.25) is 0 Å². The van der Waals surface area contributed by atoms with Gasteiger partial charge in [0.05, 0.1) is 24.9 Å². The molecule has 0 spiro atoms. The van der Waals surface area contributed by atoms with Crippen molar-refractivity contribution in [2.45, 2.75) is 90.1 Å². The molecule has 282 valence electrons. The number of hydrogen-bond acceptors (Lipinski definition) is 13. The fourth-order valence-corrected chi connectivity index (χ4v) is 7.45. The number of halogens is 2. The summed E-state index contributed by atoms with van der Waals surface area (Å²) in [5.74, 6) is -0.736. The Balaban J connectivity index is 1.70. The van der Waals surface area contributed by atoms with Crippen LogP contribution in [0.4, 0.5) is 10.2 Å². The van der Waals surface area contributed by atoms with Crippen molar-refractivity contribution >= 4 is 48.1 Å². The number of ketones is 1. The molecule has 6 atom stereocenters. The Labute approximate surface area is 301 Å². The van der Waals surface area contributed by atoms with Crippen molar-refractivity contribution in [3.8, 4) is 5.75 Å². The van der Waals surface area contributed by atoms with Crippen molar-refractivity contribution in [3.05, 3.63) is 42.0 Å². The lowest BCUT2D eigenvalue weighted by Crippen LogP contribution is -2.48. The number of carbonyl (C=O) groups is 2. The maximum atomic E-state index is 16.1. The van der Waals surface area contributed by atoms with Gasteiger partial charge in [0, 0.05) is 20.5 Å². The number of aryl methyl sites for hydroxylation is 2. The molecule has 0 radical (unpaired) electrons. The van der Waals surface area contributed by atoms with Gasteiger partial charge < -0.3 is 29.1 Å². The van der Waals surface area contributed by atoms with E-state index in [-0.39, 0.29) is 36.6 Å². The number of alkyl halides is 2. The first-order valence-corrected chi connectivity index (χ1v) is 18.7. The average Bonchev–Trinajstić information content (AvgIpc) is 3.59. The number of fused-ring (bicyclic) bond motifs is 1. The molecule has 18 heteroatoms. The van der Waals surface area contributed by atoms with Crippen molar-refractivity contribution in [2.24, 2.45) is 5.92 Å². The minimum absolute atomic E-state index is 0.0236. The number of carbonyl (C=O) groups excluding carboxylic acids is 2. The lowest BCUT2D eigenvalue weighted by molar-refractivity contribution is -0.150. The smallest absolute Gasteiger partial charge is 0.459 e. The summed E-state index contributed by atoms with van der Waals surface area (Å²) in [6.07, 6.45) is -4.28. The van der Waals surface area contributed by atoms with Gasteiger partial charge in [0.15, 0.2) is 35.2 Å². The molecule has 3 heterocycles. The highest BCUT2D eigenvalue weighted by Crippen LogP contribution is 2.50. The molecule has 0 bridgehead atoms. The number of esters is 1. The predicted molar refractivity (Wildman–Crippen MR) is 188 cm³/mol. The molecule has 1 saturated heterocycles. The zero-order chi connectivity index (χ0) is 37.7. The molecule has 51 heavy (non-hydrogen) atoms. The SMILES string of the molecule is Cc1nc(N(C)C)c2ncn([C@@H]3O[C@](CCl)(COP(=O)(N[C@@H](CC(C)C)C(=O)OC(C)C)Oc4ccccc4CCC(=O)CO)[C@@H](O)[C@H]3F)c2n1. The molecular weight excluding hydrogens is 710 g/mol. The van der Waals surface area contributed by atoms with Crippen LogP contribution in [0.15, 0.2) is 30.6 Å². The number of aliphatic hydroxyl groups excluding tert-OH is 2. The number of benzene rings is 1. The minimum Gasteiger partial charge on any atom is -0.462 e. The standard InChI is InChI=1S/C33H47ClFN6O9P/c1-19(2)14-24(32(45)48-20(3)4)39-51(46,50-25-11-9-8-10-22(25)12-13-23(43)15-42)47-17-33(16-34)28(44)26(35)31(49-33)41-18-36-27-29(40(6)7)37-21(5)38-30(27)41/h8-11,18-20,24,26,28,31,42,44H,12-17H2,1-7H3,(H,39,46)/t24-,26+,28-,31+,33+,51?/m0/s1. The van der Waals surface area contributed by atoms with E-state index in [1.807, 2.05) is 13.8 Å². The van der Waals surface area contributed by atoms with Crippen LogP contribution in [0.25, 0.3) is 11.2 Å². The molecular formula is C33H47ClFN6O9P. The topological polar surface area (TPSA) is 187 Å². The number of hydrogen-bond donors (Lipinski definition) is 3. The van der Waals surface area contributed by atoms with Crippen LogP contribution in [0.5, 0.6) is 5.75 Å². The lowest BCUT2D eigenvalue weighted by Gasteiger charge is -2.32. The van der Waals surface area contributed by atoms with Crippen LogP contribution in [-0.4, -0.2) is 105 Å². The second kappa shape index (κ2) is 17.1. The van der Waals surface area contributed by atoms with E-state index in [1.54, 1.807) is 58.0 Å². The molecule has 2 aromatic heterocycles.